The van der Waals surface area contributed by atoms with E-state index in [2.05, 4.69) is 17.4 Å². The second-order valence-corrected chi connectivity index (χ2v) is 0.678. The summed E-state index contributed by atoms with van der Waals surface area (Å²) in [5.41, 5.74) is 4.84. The summed E-state index contributed by atoms with van der Waals surface area (Å²) in [7, 11) is 0.434. The molecule has 0 aromatic heterocycles. The summed E-state index contributed by atoms with van der Waals surface area (Å²) >= 11 is 3.55. The van der Waals surface area contributed by atoms with Crippen LogP contribution in [-0.4, -0.2) is 7.55 Å². The monoisotopic (exact) mass is 76.0 g/mol. The van der Waals surface area contributed by atoms with Crippen LogP contribution in [0.4, 0.5) is 0 Å². The third kappa shape index (κ3) is 2.33. The normalized spacial score (nSPS) is 6.50. The Kier molecular flexibility index (Phi) is 3.61. The van der Waals surface area contributed by atoms with Crippen molar-refractivity contribution in [2.45, 2.75) is 0 Å². The average Bonchev–Trinajstić information content (AvgIpc) is 1.37. The molecule has 0 aromatic carbocycles. The van der Waals surface area contributed by atoms with Crippen molar-refractivity contribution in [3.05, 3.63) is 0 Å². The van der Waals surface area contributed by atoms with Crippen molar-refractivity contribution < 1.29 is 0 Å². The minimum atomic E-state index is 0.434. The minimum absolute atomic E-state index is 0.434. The van der Waals surface area contributed by atoms with E-state index in [0.717, 1.165) is 0 Å². The molecule has 0 unspecified atom stereocenters. The Bertz CT molecular complexity index is 8.00. The molecule has 0 spiro atoms. The van der Waals surface area contributed by atoms with Crippen molar-refractivity contribution in [1.82, 2.24) is 4.63 Å². The first kappa shape index (κ1) is 4.33. The van der Waals surface area contributed by atoms with E-state index >= 15 is 0 Å². The third-order valence-electron chi connectivity index (χ3n) is 0.0913. The van der Waals surface area contributed by atoms with E-state index < -0.39 is 0 Å². The van der Waals surface area contributed by atoms with Gasteiger partial charge in [0.15, 0.2) is 0 Å². The van der Waals surface area contributed by atoms with E-state index in [-0.39, 0.29) is 0 Å². The predicted molar refractivity (Wildman–Crippen MR) is 23.5 cm³/mol. The van der Waals surface area contributed by atoms with Gasteiger partial charge in [-0.1, -0.05) is 0 Å². The summed E-state index contributed by atoms with van der Waals surface area (Å²) in [6, 6.07) is 0. The highest BCUT2D eigenvalue weighted by molar-refractivity contribution is 7.79. The van der Waals surface area contributed by atoms with Crippen LogP contribution in [0.1, 0.15) is 0 Å². The highest BCUT2D eigenvalue weighted by Crippen LogP contribution is 1.39. The molecule has 0 heterocycles. The lowest BCUT2D eigenvalue weighted by Crippen LogP contribution is -2.16. The maximum atomic E-state index is 4.84. The Labute approximate surface area is 31.6 Å². The molecule has 0 fully saturated rings. The van der Waals surface area contributed by atoms with Gasteiger partial charge < -0.3 is 5.64 Å². The van der Waals surface area contributed by atoms with Crippen LogP contribution in [0.25, 0.3) is 0 Å². The van der Waals surface area contributed by atoms with Gasteiger partial charge in [-0.3, -0.25) is 4.63 Å². The zero-order valence-corrected chi connectivity index (χ0v) is 3.13. The Hall–Kier alpha value is 0.335. The van der Waals surface area contributed by atoms with Crippen molar-refractivity contribution in [3.63, 3.8) is 0 Å². The van der Waals surface area contributed by atoms with Gasteiger partial charge in [0.1, 0.15) is 0 Å². The lowest BCUT2D eigenvalue weighted by atomic mass is 10.3. The van der Waals surface area contributed by atoms with Gasteiger partial charge in [-0.2, -0.15) is 0 Å². The second kappa shape index (κ2) is 3.33. The van der Waals surface area contributed by atoms with E-state index in [1.165, 1.54) is 0 Å². The fourth-order valence-electron chi connectivity index (χ4n) is 0. The maximum absolute atomic E-state index is 4.84. The largest absolute Gasteiger partial charge is 0.358 e. The Balaban J connectivity index is 1.97. The van der Waals surface area contributed by atoms with E-state index in [1.807, 2.05) is 0 Å². The molecule has 0 aromatic rings. The van der Waals surface area contributed by atoms with Crippen LogP contribution in [0, 0.1) is 0 Å². The fourth-order valence-corrected chi connectivity index (χ4v) is 0. The van der Waals surface area contributed by atoms with Crippen LogP contribution in [0.5, 0.6) is 0 Å². The molecule has 0 amide bonds. The average molecular weight is 75.9 g/mol. The SMILES string of the molecule is NBNS. The molecule has 0 rings (SSSR count). The van der Waals surface area contributed by atoms with Crippen molar-refractivity contribution in [3.8, 4) is 0 Å². The Morgan fingerprint density at radius 2 is 2.25 bits per heavy atom. The van der Waals surface area contributed by atoms with Crippen molar-refractivity contribution >= 4 is 20.4 Å². The summed E-state index contributed by atoms with van der Waals surface area (Å²) in [5, 5.41) is 0. The number of hydrogen-bond donors (Lipinski definition) is 3. The Morgan fingerprint density at radius 1 is 2.00 bits per heavy atom. The summed E-state index contributed by atoms with van der Waals surface area (Å²) < 4.78 is 2.40. The zero-order valence-electron chi connectivity index (χ0n) is 2.23. The molecule has 0 bridgehead atoms. The first-order valence-electron chi connectivity index (χ1n) is 0.985. The predicted octanol–water partition coefficient (Wildman–Crippen LogP) is -1.35. The van der Waals surface area contributed by atoms with E-state index in [1.54, 1.807) is 0 Å². The molecule has 0 aliphatic carbocycles. The minimum Gasteiger partial charge on any atom is -0.358 e. The fraction of sp³-hybridized carbons (Fsp3) is 0. The lowest BCUT2D eigenvalue weighted by Gasteiger charge is -1.71. The molecule has 0 aliphatic heterocycles. The summed E-state index contributed by atoms with van der Waals surface area (Å²) in [6.45, 7) is 0. The smallest absolute Gasteiger partial charge is 0.293 e. The van der Waals surface area contributed by atoms with Gasteiger partial charge in [-0.25, -0.2) is 0 Å². The van der Waals surface area contributed by atoms with Gasteiger partial charge in [0, 0.05) is 0 Å². The van der Waals surface area contributed by atoms with E-state index in [4.69, 9.17) is 5.64 Å². The maximum Gasteiger partial charge on any atom is 0.293 e. The first-order valence-corrected chi connectivity index (χ1v) is 1.43. The topological polar surface area (TPSA) is 38.0 Å². The van der Waals surface area contributed by atoms with Gasteiger partial charge >= 0.3 is 0 Å². The molecule has 0 saturated carbocycles. The van der Waals surface area contributed by atoms with Crippen LogP contribution in [-0.2, 0) is 0 Å². The molecule has 0 aliphatic rings. The molecule has 0 atom stereocenters. The van der Waals surface area contributed by atoms with Crippen LogP contribution < -0.4 is 10.3 Å². The number of nitrogens with two attached hydrogens (primary N) is 1. The standard InChI is InChI=1S/BH5N2S/c2-1-3-4/h1,3-4H,2H2. The van der Waals surface area contributed by atoms with Crippen LogP contribution >= 0.6 is 12.8 Å². The van der Waals surface area contributed by atoms with Crippen molar-refractivity contribution in [1.29, 1.82) is 0 Å². The highest BCUT2D eigenvalue weighted by Gasteiger charge is 1.59. The molecular weight excluding hydrogens is 70.9 g/mol. The van der Waals surface area contributed by atoms with E-state index in [0.29, 0.717) is 7.55 Å². The lowest BCUT2D eigenvalue weighted by molar-refractivity contribution is 1.62. The number of rotatable bonds is 1. The van der Waals surface area contributed by atoms with Gasteiger partial charge in [0.05, 0.1) is 0 Å². The molecule has 0 saturated heterocycles. The molecular formula is H5BN2S. The van der Waals surface area contributed by atoms with Crippen LogP contribution in [0.2, 0.25) is 0 Å². The Morgan fingerprint density at radius 3 is 2.25 bits per heavy atom. The van der Waals surface area contributed by atoms with E-state index in [9.17, 15) is 0 Å². The first-order chi connectivity index (χ1) is 1.91. The zero-order chi connectivity index (χ0) is 3.41. The number of nitrogens with one attached hydrogen (secondary N) is 1. The van der Waals surface area contributed by atoms with Gasteiger partial charge in [0.25, 0.3) is 7.55 Å². The van der Waals surface area contributed by atoms with Gasteiger partial charge in [0.2, 0.25) is 0 Å². The third-order valence-corrected chi connectivity index (χ3v) is 0.274. The van der Waals surface area contributed by atoms with Crippen molar-refractivity contribution in [2.24, 2.45) is 5.64 Å². The summed E-state index contributed by atoms with van der Waals surface area (Å²) in [6.07, 6.45) is 0. The summed E-state index contributed by atoms with van der Waals surface area (Å²) in [4.78, 5) is 0. The number of hydrogen-bond acceptors (Lipinski definition) is 3. The van der Waals surface area contributed by atoms with Crippen LogP contribution in [0.3, 0.4) is 0 Å². The number of thiol groups is 1. The molecule has 0 radical (unpaired) electrons. The van der Waals surface area contributed by atoms with Crippen molar-refractivity contribution in [2.75, 3.05) is 0 Å². The molecule has 4 heteroatoms. The molecule has 4 heavy (non-hydrogen) atoms. The van der Waals surface area contributed by atoms with Crippen LogP contribution in [0.15, 0.2) is 0 Å². The molecule has 2 nitrogen and oxygen atoms in total. The molecule has 3 N–H and O–H groups in total. The second-order valence-electron chi connectivity index (χ2n) is 0.362. The van der Waals surface area contributed by atoms with Gasteiger partial charge in [-0.15, -0.1) is 12.8 Å². The van der Waals surface area contributed by atoms with Gasteiger partial charge in [-0.05, 0) is 0 Å². The highest BCUT2D eigenvalue weighted by atomic mass is 32.1. The quantitative estimate of drug-likeness (QED) is 0.266. The molecule has 24 valence electrons. The summed E-state index contributed by atoms with van der Waals surface area (Å²) in [5.74, 6) is 0.